The van der Waals surface area contributed by atoms with Crippen LogP contribution in [0.2, 0.25) is 0 Å². The van der Waals surface area contributed by atoms with E-state index in [1.54, 1.807) is 4.90 Å². The van der Waals surface area contributed by atoms with Gasteiger partial charge in [-0.15, -0.1) is 0 Å². The van der Waals surface area contributed by atoms with Crippen LogP contribution in [0.15, 0.2) is 0 Å². The SMILES string of the molecule is C1CCCNCC1.OCCC12CCC[NH+]1CC2. The first-order chi connectivity index (χ1) is 8.37. The summed E-state index contributed by atoms with van der Waals surface area (Å²) in [5, 5.41) is 12.2. The van der Waals surface area contributed by atoms with E-state index in [4.69, 9.17) is 5.11 Å². The van der Waals surface area contributed by atoms with Crippen molar-refractivity contribution in [3.63, 3.8) is 0 Å². The van der Waals surface area contributed by atoms with E-state index in [1.807, 2.05) is 0 Å². The molecule has 3 nitrogen and oxygen atoms in total. The Hall–Kier alpha value is -0.120. The molecular weight excluding hydrogens is 212 g/mol. The number of rotatable bonds is 2. The molecule has 17 heavy (non-hydrogen) atoms. The molecule has 0 aromatic rings. The summed E-state index contributed by atoms with van der Waals surface area (Å²) in [6, 6.07) is 0. The molecule has 0 amide bonds. The lowest BCUT2D eigenvalue weighted by molar-refractivity contribution is -0.983. The second-order valence-corrected chi connectivity index (χ2v) is 5.88. The predicted octanol–water partition coefficient (Wildman–Crippen LogP) is 0.340. The molecule has 0 radical (unpaired) electrons. The van der Waals surface area contributed by atoms with Crippen molar-refractivity contribution < 1.29 is 10.0 Å². The van der Waals surface area contributed by atoms with Crippen molar-refractivity contribution in [3.8, 4) is 0 Å². The molecule has 0 aromatic heterocycles. The maximum absolute atomic E-state index is 8.83. The summed E-state index contributed by atoms with van der Waals surface area (Å²) in [7, 11) is 0. The number of hydrogen-bond donors (Lipinski definition) is 3. The van der Waals surface area contributed by atoms with Crippen molar-refractivity contribution in [2.24, 2.45) is 0 Å². The number of fused-ring (bicyclic) bond motifs is 1. The topological polar surface area (TPSA) is 36.7 Å². The number of aliphatic hydroxyl groups is 1. The van der Waals surface area contributed by atoms with E-state index >= 15 is 0 Å². The highest BCUT2D eigenvalue weighted by molar-refractivity contribution is 4.88. The van der Waals surface area contributed by atoms with Gasteiger partial charge >= 0.3 is 0 Å². The zero-order valence-corrected chi connectivity index (χ0v) is 11.1. The van der Waals surface area contributed by atoms with Gasteiger partial charge in [0.15, 0.2) is 0 Å². The van der Waals surface area contributed by atoms with E-state index in [-0.39, 0.29) is 0 Å². The lowest BCUT2D eigenvalue weighted by Gasteiger charge is -2.44. The minimum Gasteiger partial charge on any atom is -0.396 e. The van der Waals surface area contributed by atoms with E-state index in [2.05, 4.69) is 5.32 Å². The van der Waals surface area contributed by atoms with Crippen molar-refractivity contribution in [1.82, 2.24) is 5.32 Å². The molecule has 0 aromatic carbocycles. The Morgan fingerprint density at radius 1 is 0.941 bits per heavy atom. The Morgan fingerprint density at radius 3 is 2.24 bits per heavy atom. The molecule has 0 spiro atoms. The van der Waals surface area contributed by atoms with Crippen LogP contribution in [0.5, 0.6) is 0 Å². The highest BCUT2D eigenvalue weighted by Crippen LogP contribution is 2.26. The second-order valence-electron chi connectivity index (χ2n) is 5.88. The van der Waals surface area contributed by atoms with Crippen molar-refractivity contribution in [2.45, 2.75) is 56.9 Å². The first kappa shape index (κ1) is 13.3. The maximum atomic E-state index is 8.83. The van der Waals surface area contributed by atoms with Gasteiger partial charge in [-0.1, -0.05) is 12.8 Å². The summed E-state index contributed by atoms with van der Waals surface area (Å²) in [4.78, 5) is 1.77. The Morgan fingerprint density at radius 2 is 1.71 bits per heavy atom. The largest absolute Gasteiger partial charge is 0.396 e. The third kappa shape index (κ3) is 3.43. The highest BCUT2D eigenvalue weighted by atomic mass is 16.3. The zero-order valence-electron chi connectivity index (χ0n) is 11.1. The van der Waals surface area contributed by atoms with Crippen molar-refractivity contribution in [1.29, 1.82) is 0 Å². The highest BCUT2D eigenvalue weighted by Gasteiger charge is 2.51. The summed E-state index contributed by atoms with van der Waals surface area (Å²) < 4.78 is 0. The fourth-order valence-corrected chi connectivity index (χ4v) is 3.61. The molecule has 3 fully saturated rings. The molecular formula is C14H29N2O+. The van der Waals surface area contributed by atoms with Gasteiger partial charge in [0, 0.05) is 25.9 Å². The van der Waals surface area contributed by atoms with Crippen molar-refractivity contribution in [3.05, 3.63) is 0 Å². The molecule has 0 saturated carbocycles. The monoisotopic (exact) mass is 241 g/mol. The lowest BCUT2D eigenvalue weighted by atomic mass is 9.82. The van der Waals surface area contributed by atoms with Crippen LogP contribution in [-0.2, 0) is 0 Å². The third-order valence-corrected chi connectivity index (χ3v) is 4.84. The molecule has 3 heteroatoms. The summed E-state index contributed by atoms with van der Waals surface area (Å²) in [5.74, 6) is 0. The van der Waals surface area contributed by atoms with Crippen LogP contribution < -0.4 is 10.2 Å². The average molecular weight is 241 g/mol. The fourth-order valence-electron chi connectivity index (χ4n) is 3.61. The van der Waals surface area contributed by atoms with E-state index in [9.17, 15) is 0 Å². The van der Waals surface area contributed by atoms with Gasteiger partial charge in [-0.25, -0.2) is 0 Å². The van der Waals surface area contributed by atoms with Crippen LogP contribution in [0, 0.1) is 0 Å². The van der Waals surface area contributed by atoms with Gasteiger partial charge in [0.2, 0.25) is 0 Å². The third-order valence-electron chi connectivity index (χ3n) is 4.84. The Bertz CT molecular complexity index is 203. The van der Waals surface area contributed by atoms with Gasteiger partial charge in [-0.3, -0.25) is 0 Å². The summed E-state index contributed by atoms with van der Waals surface area (Å²) in [6.45, 7) is 5.61. The quantitative estimate of drug-likeness (QED) is 0.652. The maximum Gasteiger partial charge on any atom is 0.105 e. The van der Waals surface area contributed by atoms with Gasteiger partial charge in [0.25, 0.3) is 0 Å². The number of nitrogens with one attached hydrogen (secondary N) is 2. The fraction of sp³-hybridized carbons (Fsp3) is 1.00. The lowest BCUT2D eigenvalue weighted by Crippen LogP contribution is -3.24. The minimum absolute atomic E-state index is 0.392. The van der Waals surface area contributed by atoms with E-state index < -0.39 is 0 Å². The molecule has 3 heterocycles. The molecule has 100 valence electrons. The van der Waals surface area contributed by atoms with Gasteiger partial charge < -0.3 is 15.3 Å². The van der Waals surface area contributed by atoms with Crippen LogP contribution in [0.1, 0.15) is 51.4 Å². The van der Waals surface area contributed by atoms with Crippen molar-refractivity contribution >= 4 is 0 Å². The van der Waals surface area contributed by atoms with Gasteiger partial charge in [-0.05, 0) is 25.9 Å². The standard InChI is InChI=1S/C8H15NO.C6H13N/c10-7-4-8-2-1-5-9(8)6-3-8;1-2-4-6-7-5-3-1/h10H,1-7H2;7H,1-6H2/p+1. The van der Waals surface area contributed by atoms with E-state index in [1.165, 1.54) is 71.1 Å². The van der Waals surface area contributed by atoms with Gasteiger partial charge in [-0.2, -0.15) is 0 Å². The molecule has 3 aliphatic heterocycles. The zero-order chi connectivity index (χ0) is 12.0. The average Bonchev–Trinajstić information content (AvgIpc) is 2.58. The molecule has 2 unspecified atom stereocenters. The molecule has 3 rings (SSSR count). The van der Waals surface area contributed by atoms with Crippen LogP contribution in [0.4, 0.5) is 0 Å². The molecule has 2 atom stereocenters. The summed E-state index contributed by atoms with van der Waals surface area (Å²) >= 11 is 0. The van der Waals surface area contributed by atoms with Crippen LogP contribution in [0.25, 0.3) is 0 Å². The van der Waals surface area contributed by atoms with E-state index in [0.717, 1.165) is 6.42 Å². The first-order valence-electron chi connectivity index (χ1n) is 7.54. The molecule has 0 bridgehead atoms. The Balaban J connectivity index is 0.000000136. The second kappa shape index (κ2) is 6.72. The Labute approximate surface area is 106 Å². The molecule has 3 aliphatic rings. The molecule has 3 saturated heterocycles. The van der Waals surface area contributed by atoms with Gasteiger partial charge in [0.05, 0.1) is 19.5 Å². The van der Waals surface area contributed by atoms with Crippen LogP contribution >= 0.6 is 0 Å². The summed E-state index contributed by atoms with van der Waals surface area (Å²) in [6.07, 6.45) is 10.8. The van der Waals surface area contributed by atoms with Crippen LogP contribution in [-0.4, -0.2) is 43.4 Å². The summed E-state index contributed by atoms with van der Waals surface area (Å²) in [5.41, 5.74) is 0.550. The predicted molar refractivity (Wildman–Crippen MR) is 70.3 cm³/mol. The molecule has 3 N–H and O–H groups in total. The Kier molecular flexibility index (Phi) is 5.26. The van der Waals surface area contributed by atoms with Crippen molar-refractivity contribution in [2.75, 3.05) is 32.8 Å². The van der Waals surface area contributed by atoms with E-state index in [0.29, 0.717) is 12.1 Å². The minimum atomic E-state index is 0.392. The van der Waals surface area contributed by atoms with Crippen LogP contribution in [0.3, 0.4) is 0 Å². The smallest absolute Gasteiger partial charge is 0.105 e. The normalized spacial score (nSPS) is 36.2. The molecule has 0 aliphatic carbocycles. The number of quaternary nitrogens is 1. The number of hydrogen-bond acceptors (Lipinski definition) is 2. The first-order valence-corrected chi connectivity index (χ1v) is 7.54. The number of aliphatic hydroxyl groups excluding tert-OH is 1. The van der Waals surface area contributed by atoms with Gasteiger partial charge in [0.1, 0.15) is 5.54 Å².